The van der Waals surface area contributed by atoms with Gasteiger partial charge in [0.1, 0.15) is 0 Å². The summed E-state index contributed by atoms with van der Waals surface area (Å²) in [6, 6.07) is 9.04. The number of pyridine rings is 1. The second-order valence-corrected chi connectivity index (χ2v) is 6.05. The Kier molecular flexibility index (Phi) is 4.48. The van der Waals surface area contributed by atoms with Crippen LogP contribution in [0.15, 0.2) is 36.7 Å². The molecule has 112 valence electrons. The molecule has 1 aliphatic rings. The number of fused-ring (bicyclic) bond motifs is 1. The van der Waals surface area contributed by atoms with Crippen LogP contribution in [0.2, 0.25) is 0 Å². The lowest BCUT2D eigenvalue weighted by atomic mass is 10.1. The molecule has 0 bridgehead atoms. The molecule has 1 aromatic carbocycles. The number of piperazine rings is 1. The number of nitrogens with zero attached hydrogens (tertiary/aromatic N) is 3. The fourth-order valence-electron chi connectivity index (χ4n) is 3.02. The molecule has 4 heteroatoms. The molecule has 21 heavy (non-hydrogen) atoms. The SMILES string of the molecule is CN1CCN(C)C(CNCc2cncc3ccccc23)C1. The summed E-state index contributed by atoms with van der Waals surface area (Å²) in [6.45, 7) is 5.35. The predicted molar refractivity (Wildman–Crippen MR) is 87.4 cm³/mol. The lowest BCUT2D eigenvalue weighted by Gasteiger charge is -2.37. The molecule has 0 radical (unpaired) electrons. The van der Waals surface area contributed by atoms with Crippen LogP contribution in [0.1, 0.15) is 5.56 Å². The van der Waals surface area contributed by atoms with Gasteiger partial charge in [0.2, 0.25) is 0 Å². The van der Waals surface area contributed by atoms with E-state index >= 15 is 0 Å². The van der Waals surface area contributed by atoms with E-state index in [1.165, 1.54) is 22.9 Å². The Morgan fingerprint density at radius 2 is 2.05 bits per heavy atom. The van der Waals surface area contributed by atoms with E-state index in [1.807, 2.05) is 12.4 Å². The van der Waals surface area contributed by atoms with E-state index in [2.05, 4.69) is 58.5 Å². The molecule has 0 amide bonds. The van der Waals surface area contributed by atoms with E-state index < -0.39 is 0 Å². The molecule has 3 rings (SSSR count). The quantitative estimate of drug-likeness (QED) is 0.923. The molecule has 1 aliphatic heterocycles. The Morgan fingerprint density at radius 3 is 2.95 bits per heavy atom. The molecule has 1 aromatic heterocycles. The first-order chi connectivity index (χ1) is 10.2. The maximum absolute atomic E-state index is 4.35. The summed E-state index contributed by atoms with van der Waals surface area (Å²) >= 11 is 0. The Hall–Kier alpha value is -1.49. The zero-order valence-corrected chi connectivity index (χ0v) is 12.9. The van der Waals surface area contributed by atoms with Crippen LogP contribution in [-0.2, 0) is 6.54 Å². The highest BCUT2D eigenvalue weighted by Gasteiger charge is 2.21. The number of aromatic nitrogens is 1. The first kappa shape index (κ1) is 14.4. The second kappa shape index (κ2) is 6.52. The van der Waals surface area contributed by atoms with E-state index in [9.17, 15) is 0 Å². The largest absolute Gasteiger partial charge is 0.311 e. The third-order valence-electron chi connectivity index (χ3n) is 4.43. The van der Waals surface area contributed by atoms with Crippen molar-refractivity contribution >= 4 is 10.8 Å². The van der Waals surface area contributed by atoms with Gasteiger partial charge in [-0.2, -0.15) is 0 Å². The van der Waals surface area contributed by atoms with Crippen LogP contribution in [0.5, 0.6) is 0 Å². The topological polar surface area (TPSA) is 31.4 Å². The number of nitrogens with one attached hydrogen (secondary N) is 1. The van der Waals surface area contributed by atoms with E-state index in [-0.39, 0.29) is 0 Å². The third kappa shape index (κ3) is 3.40. The van der Waals surface area contributed by atoms with Crippen molar-refractivity contribution in [3.05, 3.63) is 42.2 Å². The highest BCUT2D eigenvalue weighted by Crippen LogP contribution is 2.16. The average Bonchev–Trinajstić information content (AvgIpc) is 2.51. The van der Waals surface area contributed by atoms with Gasteiger partial charge in [-0.15, -0.1) is 0 Å². The van der Waals surface area contributed by atoms with Gasteiger partial charge in [-0.1, -0.05) is 24.3 Å². The zero-order valence-electron chi connectivity index (χ0n) is 12.9. The number of likely N-dealkylation sites (N-methyl/N-ethyl adjacent to an activating group) is 2. The van der Waals surface area contributed by atoms with E-state index in [0.717, 1.165) is 26.2 Å². The summed E-state index contributed by atoms with van der Waals surface area (Å²) in [5, 5.41) is 6.12. The van der Waals surface area contributed by atoms with Gasteiger partial charge < -0.3 is 10.2 Å². The second-order valence-electron chi connectivity index (χ2n) is 6.05. The van der Waals surface area contributed by atoms with Gasteiger partial charge in [-0.25, -0.2) is 0 Å². The van der Waals surface area contributed by atoms with Gasteiger partial charge in [0.25, 0.3) is 0 Å². The highest BCUT2D eigenvalue weighted by atomic mass is 15.3. The summed E-state index contributed by atoms with van der Waals surface area (Å²) in [4.78, 5) is 9.21. The predicted octanol–water partition coefficient (Wildman–Crippen LogP) is 1.57. The molecule has 1 atom stereocenters. The van der Waals surface area contributed by atoms with Gasteiger partial charge in [0, 0.05) is 56.5 Å². The van der Waals surface area contributed by atoms with Crippen LogP contribution in [0, 0.1) is 0 Å². The molecule has 0 aliphatic carbocycles. The van der Waals surface area contributed by atoms with Crippen molar-refractivity contribution in [2.75, 3.05) is 40.3 Å². The van der Waals surface area contributed by atoms with Crippen molar-refractivity contribution in [2.24, 2.45) is 0 Å². The fraction of sp³-hybridized carbons (Fsp3) is 0.471. The number of hydrogen-bond donors (Lipinski definition) is 1. The van der Waals surface area contributed by atoms with Crippen molar-refractivity contribution in [3.63, 3.8) is 0 Å². The van der Waals surface area contributed by atoms with Crippen molar-refractivity contribution < 1.29 is 0 Å². The lowest BCUT2D eigenvalue weighted by molar-refractivity contribution is 0.113. The van der Waals surface area contributed by atoms with E-state index in [1.54, 1.807) is 0 Å². The average molecular weight is 284 g/mol. The molecule has 1 fully saturated rings. The molecule has 0 saturated carbocycles. The summed E-state index contributed by atoms with van der Waals surface area (Å²) in [6.07, 6.45) is 3.91. The molecule has 1 N–H and O–H groups in total. The number of hydrogen-bond acceptors (Lipinski definition) is 4. The van der Waals surface area contributed by atoms with Gasteiger partial charge in [0.15, 0.2) is 0 Å². The van der Waals surface area contributed by atoms with Crippen LogP contribution < -0.4 is 5.32 Å². The lowest BCUT2D eigenvalue weighted by Crippen LogP contribution is -2.53. The Bertz CT molecular complexity index is 593. The van der Waals surface area contributed by atoms with Crippen LogP contribution in [0.25, 0.3) is 10.8 Å². The minimum atomic E-state index is 0.590. The normalized spacial score (nSPS) is 21.0. The molecule has 0 spiro atoms. The van der Waals surface area contributed by atoms with Crippen LogP contribution >= 0.6 is 0 Å². The maximum atomic E-state index is 4.35. The molecule has 4 nitrogen and oxygen atoms in total. The van der Waals surface area contributed by atoms with E-state index in [0.29, 0.717) is 6.04 Å². The Balaban J connectivity index is 1.62. The third-order valence-corrected chi connectivity index (χ3v) is 4.43. The van der Waals surface area contributed by atoms with Crippen LogP contribution in [-0.4, -0.2) is 61.1 Å². The molecule has 2 heterocycles. The van der Waals surface area contributed by atoms with Gasteiger partial charge in [-0.05, 0) is 25.0 Å². The van der Waals surface area contributed by atoms with Gasteiger partial charge in [0.05, 0.1) is 0 Å². The summed E-state index contributed by atoms with van der Waals surface area (Å²) in [7, 11) is 4.42. The number of rotatable bonds is 4. The summed E-state index contributed by atoms with van der Waals surface area (Å²) < 4.78 is 0. The fourth-order valence-corrected chi connectivity index (χ4v) is 3.02. The smallest absolute Gasteiger partial charge is 0.0346 e. The van der Waals surface area contributed by atoms with Crippen LogP contribution in [0.4, 0.5) is 0 Å². The van der Waals surface area contributed by atoms with Gasteiger partial charge >= 0.3 is 0 Å². The molecular formula is C17H24N4. The minimum Gasteiger partial charge on any atom is -0.311 e. The molecular weight excluding hydrogens is 260 g/mol. The first-order valence-corrected chi connectivity index (χ1v) is 7.65. The van der Waals surface area contributed by atoms with Gasteiger partial charge in [-0.3, -0.25) is 9.88 Å². The Labute approximate surface area is 126 Å². The highest BCUT2D eigenvalue weighted by molar-refractivity contribution is 5.84. The summed E-state index contributed by atoms with van der Waals surface area (Å²) in [5.74, 6) is 0. The standard InChI is InChI=1S/C17H24N4/c1-20-7-8-21(2)16(13-20)12-19-11-15-10-18-9-14-5-3-4-6-17(14)15/h3-6,9-10,16,19H,7-8,11-13H2,1-2H3. The maximum Gasteiger partial charge on any atom is 0.0346 e. The van der Waals surface area contributed by atoms with Crippen LogP contribution in [0.3, 0.4) is 0 Å². The van der Waals surface area contributed by atoms with Crippen molar-refractivity contribution in [2.45, 2.75) is 12.6 Å². The minimum absolute atomic E-state index is 0.590. The molecule has 2 aromatic rings. The summed E-state index contributed by atoms with van der Waals surface area (Å²) in [5.41, 5.74) is 1.28. The molecule has 1 saturated heterocycles. The monoisotopic (exact) mass is 284 g/mol. The number of benzene rings is 1. The first-order valence-electron chi connectivity index (χ1n) is 7.65. The van der Waals surface area contributed by atoms with E-state index in [4.69, 9.17) is 0 Å². The van der Waals surface area contributed by atoms with Crippen molar-refractivity contribution in [3.8, 4) is 0 Å². The zero-order chi connectivity index (χ0) is 14.7. The van der Waals surface area contributed by atoms with Crippen molar-refractivity contribution in [1.82, 2.24) is 20.1 Å². The van der Waals surface area contributed by atoms with Crippen molar-refractivity contribution in [1.29, 1.82) is 0 Å². The Morgan fingerprint density at radius 1 is 1.19 bits per heavy atom. The molecule has 1 unspecified atom stereocenters.